The van der Waals surface area contributed by atoms with E-state index in [1.807, 2.05) is 50.2 Å². The third kappa shape index (κ3) is 7.83. The Morgan fingerprint density at radius 2 is 1.81 bits per heavy atom. The summed E-state index contributed by atoms with van der Waals surface area (Å²) in [4.78, 5) is 37.4. The van der Waals surface area contributed by atoms with Gasteiger partial charge in [-0.3, -0.25) is 4.79 Å². The molecular formula is C32H38N6O4. The van der Waals surface area contributed by atoms with Crippen molar-refractivity contribution in [3.63, 3.8) is 0 Å². The summed E-state index contributed by atoms with van der Waals surface area (Å²) >= 11 is 0. The molecule has 1 amide bonds. The third-order valence-electron chi connectivity index (χ3n) is 7.81. The Balaban J connectivity index is 1.38. The van der Waals surface area contributed by atoms with E-state index in [4.69, 9.17) is 4.74 Å². The summed E-state index contributed by atoms with van der Waals surface area (Å²) in [5, 5.41) is 12.4. The van der Waals surface area contributed by atoms with E-state index in [2.05, 4.69) is 42.8 Å². The van der Waals surface area contributed by atoms with Crippen molar-refractivity contribution in [3.8, 4) is 11.8 Å². The molecule has 0 saturated carbocycles. The molecule has 3 aromatic rings. The van der Waals surface area contributed by atoms with Crippen molar-refractivity contribution in [3.05, 3.63) is 82.9 Å². The number of benzene rings is 2. The number of rotatable bonds is 10. The SMILES string of the molecule is COC(=O)Oc1ccc(N(Cc2cccc(C#N)c2)C2CCN(C(C)CCNC(=O)c3c(C)ncnc3C)CC2)cc1. The zero-order valence-electron chi connectivity index (χ0n) is 24.7. The predicted octanol–water partition coefficient (Wildman–Crippen LogP) is 4.79. The summed E-state index contributed by atoms with van der Waals surface area (Å²) < 4.78 is 9.76. The summed E-state index contributed by atoms with van der Waals surface area (Å²) in [6.07, 6.45) is 3.50. The van der Waals surface area contributed by atoms with E-state index in [1.165, 1.54) is 13.4 Å². The second kappa shape index (κ2) is 14.4. The fraction of sp³-hybridized carbons (Fsp3) is 0.406. The van der Waals surface area contributed by atoms with Crippen LogP contribution >= 0.6 is 0 Å². The van der Waals surface area contributed by atoms with Crippen molar-refractivity contribution in [2.45, 2.75) is 58.7 Å². The number of carbonyl (C=O) groups excluding carboxylic acids is 2. The minimum Gasteiger partial charge on any atom is -0.437 e. The summed E-state index contributed by atoms with van der Waals surface area (Å²) in [5.41, 5.74) is 4.63. The number of anilines is 1. The molecule has 1 fully saturated rings. The van der Waals surface area contributed by atoms with Crippen LogP contribution in [0.1, 0.15) is 59.1 Å². The highest BCUT2D eigenvalue weighted by atomic mass is 16.7. The molecule has 2 aromatic carbocycles. The Labute approximate surface area is 247 Å². The van der Waals surface area contributed by atoms with Crippen molar-refractivity contribution in [2.24, 2.45) is 0 Å². The average Bonchev–Trinajstić information content (AvgIpc) is 3.00. The molecule has 1 saturated heterocycles. The van der Waals surface area contributed by atoms with Crippen LogP contribution in [-0.2, 0) is 11.3 Å². The second-order valence-electron chi connectivity index (χ2n) is 10.6. The summed E-state index contributed by atoms with van der Waals surface area (Å²) in [5.74, 6) is 0.286. The quantitative estimate of drug-likeness (QED) is 0.271. The van der Waals surface area contributed by atoms with E-state index in [0.717, 1.165) is 43.6 Å². The molecule has 1 unspecified atom stereocenters. The Morgan fingerprint density at radius 1 is 1.12 bits per heavy atom. The Morgan fingerprint density at radius 3 is 2.45 bits per heavy atom. The third-order valence-corrected chi connectivity index (χ3v) is 7.81. The van der Waals surface area contributed by atoms with Gasteiger partial charge in [0.2, 0.25) is 0 Å². The summed E-state index contributed by atoms with van der Waals surface area (Å²) in [6.45, 7) is 8.95. The van der Waals surface area contributed by atoms with Crippen LogP contribution in [0.2, 0.25) is 0 Å². The first-order valence-electron chi connectivity index (χ1n) is 14.2. The number of aromatic nitrogens is 2. The monoisotopic (exact) mass is 570 g/mol. The van der Waals surface area contributed by atoms with E-state index in [0.29, 0.717) is 47.4 Å². The van der Waals surface area contributed by atoms with Gasteiger partial charge < -0.3 is 24.6 Å². The lowest BCUT2D eigenvalue weighted by Gasteiger charge is -2.42. The summed E-state index contributed by atoms with van der Waals surface area (Å²) in [6, 6.07) is 18.0. The standard InChI is InChI=1S/C32H38N6O4/c1-22(12-15-34-31(39)30-23(2)35-21-36-24(30)3)37-16-13-28(14-17-37)38(20-26-7-5-6-25(18-26)19-33)27-8-10-29(11-9-27)42-32(40)41-4/h5-11,18,21-22,28H,12-17,20H2,1-4H3,(H,34,39). The number of carbonyl (C=O) groups is 2. The first kappa shape index (κ1) is 30.5. The van der Waals surface area contributed by atoms with E-state index in [1.54, 1.807) is 12.1 Å². The van der Waals surface area contributed by atoms with Crippen LogP contribution in [-0.4, -0.2) is 65.8 Å². The summed E-state index contributed by atoms with van der Waals surface area (Å²) in [7, 11) is 1.28. The highest BCUT2D eigenvalue weighted by molar-refractivity contribution is 5.96. The van der Waals surface area contributed by atoms with Crippen molar-refractivity contribution in [1.82, 2.24) is 20.2 Å². The average molecular weight is 571 g/mol. The lowest BCUT2D eigenvalue weighted by Crippen LogP contribution is -2.48. The largest absolute Gasteiger partial charge is 0.513 e. The molecule has 1 aromatic heterocycles. The molecule has 0 bridgehead atoms. The van der Waals surface area contributed by atoms with Crippen LogP contribution < -0.4 is 15.0 Å². The van der Waals surface area contributed by atoms with Crippen molar-refractivity contribution in [2.75, 3.05) is 31.6 Å². The van der Waals surface area contributed by atoms with Crippen molar-refractivity contribution >= 4 is 17.7 Å². The number of nitrogens with one attached hydrogen (secondary N) is 1. The van der Waals surface area contributed by atoms with Crippen LogP contribution in [0.3, 0.4) is 0 Å². The van der Waals surface area contributed by atoms with Gasteiger partial charge >= 0.3 is 6.16 Å². The molecule has 4 rings (SSSR count). The molecule has 0 spiro atoms. The van der Waals surface area contributed by atoms with Crippen LogP contribution in [0.5, 0.6) is 5.75 Å². The van der Waals surface area contributed by atoms with Gasteiger partial charge in [0.05, 0.1) is 35.7 Å². The van der Waals surface area contributed by atoms with Gasteiger partial charge in [-0.15, -0.1) is 0 Å². The zero-order valence-corrected chi connectivity index (χ0v) is 24.7. The first-order chi connectivity index (χ1) is 20.3. The molecule has 0 aliphatic carbocycles. The second-order valence-corrected chi connectivity index (χ2v) is 10.6. The van der Waals surface area contributed by atoms with E-state index >= 15 is 0 Å². The van der Waals surface area contributed by atoms with Gasteiger partial charge in [0.25, 0.3) is 5.91 Å². The highest BCUT2D eigenvalue weighted by Crippen LogP contribution is 2.29. The normalized spacial score (nSPS) is 14.5. The maximum Gasteiger partial charge on any atom is 0.513 e. The fourth-order valence-corrected chi connectivity index (χ4v) is 5.44. The number of hydrogen-bond acceptors (Lipinski definition) is 9. The van der Waals surface area contributed by atoms with Gasteiger partial charge in [-0.05, 0) is 82.0 Å². The van der Waals surface area contributed by atoms with E-state index in [-0.39, 0.29) is 11.9 Å². The molecule has 1 aliphatic rings. The maximum absolute atomic E-state index is 12.7. The lowest BCUT2D eigenvalue weighted by molar-refractivity contribution is 0.0942. The molecule has 10 heteroatoms. The fourth-order valence-electron chi connectivity index (χ4n) is 5.44. The van der Waals surface area contributed by atoms with Crippen LogP contribution in [0.4, 0.5) is 10.5 Å². The zero-order chi connectivity index (χ0) is 30.1. The van der Waals surface area contributed by atoms with Crippen molar-refractivity contribution in [1.29, 1.82) is 5.26 Å². The van der Waals surface area contributed by atoms with Gasteiger partial charge in [0, 0.05) is 44.0 Å². The van der Waals surface area contributed by atoms with Gasteiger partial charge in [0.1, 0.15) is 12.1 Å². The molecule has 10 nitrogen and oxygen atoms in total. The highest BCUT2D eigenvalue weighted by Gasteiger charge is 2.27. The van der Waals surface area contributed by atoms with Gasteiger partial charge in [-0.2, -0.15) is 5.26 Å². The Bertz CT molecular complexity index is 1390. The maximum atomic E-state index is 12.7. The van der Waals surface area contributed by atoms with Gasteiger partial charge in [-0.25, -0.2) is 14.8 Å². The molecule has 1 N–H and O–H groups in total. The van der Waals surface area contributed by atoms with Crippen LogP contribution in [0.15, 0.2) is 54.9 Å². The molecule has 1 aliphatic heterocycles. The van der Waals surface area contributed by atoms with Gasteiger partial charge in [-0.1, -0.05) is 12.1 Å². The number of methoxy groups -OCH3 is 1. The van der Waals surface area contributed by atoms with Crippen LogP contribution in [0.25, 0.3) is 0 Å². The molecule has 0 radical (unpaired) electrons. The molecule has 1 atom stereocenters. The molecule has 220 valence electrons. The molecule has 42 heavy (non-hydrogen) atoms. The topological polar surface area (TPSA) is 121 Å². The van der Waals surface area contributed by atoms with Crippen molar-refractivity contribution < 1.29 is 19.1 Å². The molecular weight excluding hydrogens is 532 g/mol. The number of hydrogen-bond donors (Lipinski definition) is 1. The number of likely N-dealkylation sites (tertiary alicyclic amines) is 1. The van der Waals surface area contributed by atoms with Gasteiger partial charge in [0.15, 0.2) is 0 Å². The lowest BCUT2D eigenvalue weighted by atomic mass is 9.99. The first-order valence-corrected chi connectivity index (χ1v) is 14.2. The number of ether oxygens (including phenoxy) is 2. The minimum absolute atomic E-state index is 0.129. The van der Waals surface area contributed by atoms with E-state index in [9.17, 15) is 14.9 Å². The predicted molar refractivity (Wildman–Crippen MR) is 159 cm³/mol. The van der Waals surface area contributed by atoms with Crippen LogP contribution in [0, 0.1) is 25.2 Å². The molecule has 2 heterocycles. The van der Waals surface area contributed by atoms with E-state index < -0.39 is 6.16 Å². The Kier molecular flexibility index (Phi) is 10.5. The smallest absolute Gasteiger partial charge is 0.437 e. The number of amides is 1. The number of aryl methyl sites for hydroxylation is 2. The number of piperidine rings is 1. The Hall–Kier alpha value is -4.49. The minimum atomic E-state index is -0.756. The number of nitriles is 1. The number of nitrogens with zero attached hydrogens (tertiary/aromatic N) is 5.